The molecule has 2 amide bonds. The Bertz CT molecular complexity index is 398. The van der Waals surface area contributed by atoms with E-state index in [0.29, 0.717) is 0 Å². The Kier molecular flexibility index (Phi) is 6.49. The monoisotopic (exact) mass is 314 g/mol. The number of rotatable bonds is 2. The van der Waals surface area contributed by atoms with Crippen LogP contribution < -0.4 is 10.9 Å². The average Bonchev–Trinajstić information content (AvgIpc) is 2.20. The molecule has 2 unspecified atom stereocenters. The number of carbonyl (C=O) groups is 2. The maximum Gasteiger partial charge on any atom is 0.426 e. The molecular formula is C17H34N2O3. The maximum atomic E-state index is 12.6. The predicted molar refractivity (Wildman–Crippen MR) is 89.1 cm³/mol. The second-order valence-corrected chi connectivity index (χ2v) is 9.11. The van der Waals surface area contributed by atoms with E-state index in [0.717, 1.165) is 0 Å². The quantitative estimate of drug-likeness (QED) is 0.760. The van der Waals surface area contributed by atoms with E-state index >= 15 is 0 Å². The zero-order valence-electron chi connectivity index (χ0n) is 15.9. The average molecular weight is 314 g/mol. The Labute approximate surface area is 135 Å². The zero-order chi connectivity index (χ0) is 17.9. The zero-order valence-corrected chi connectivity index (χ0v) is 15.9. The number of hydrogen-bond donors (Lipinski definition) is 2. The van der Waals surface area contributed by atoms with Crippen molar-refractivity contribution in [2.75, 3.05) is 0 Å². The van der Waals surface area contributed by atoms with Crippen molar-refractivity contribution in [3.8, 4) is 0 Å². The van der Waals surface area contributed by atoms with Gasteiger partial charge < -0.3 is 4.74 Å². The Balaban J connectivity index is 4.92. The number of ether oxygens (including phenoxy) is 1. The normalized spacial score (nSPS) is 15.7. The van der Waals surface area contributed by atoms with Gasteiger partial charge in [0.25, 0.3) is 0 Å². The van der Waals surface area contributed by atoms with E-state index in [4.69, 9.17) is 4.74 Å². The third-order valence-electron chi connectivity index (χ3n) is 3.77. The lowest BCUT2D eigenvalue weighted by Crippen LogP contribution is -2.51. The molecule has 130 valence electrons. The van der Waals surface area contributed by atoms with Crippen LogP contribution in [0.3, 0.4) is 0 Å². The van der Waals surface area contributed by atoms with Gasteiger partial charge in [-0.1, -0.05) is 48.5 Å². The molecule has 0 fully saturated rings. The van der Waals surface area contributed by atoms with Crippen molar-refractivity contribution in [2.45, 2.75) is 74.8 Å². The van der Waals surface area contributed by atoms with Crippen molar-refractivity contribution in [3.63, 3.8) is 0 Å². The lowest BCUT2D eigenvalue weighted by Gasteiger charge is -2.40. The minimum atomic E-state index is -0.656. The molecular weight excluding hydrogens is 280 g/mol. The summed E-state index contributed by atoms with van der Waals surface area (Å²) in [5, 5.41) is 0. The molecule has 0 saturated carbocycles. The van der Waals surface area contributed by atoms with Gasteiger partial charge in [-0.15, -0.1) is 0 Å². The Morgan fingerprint density at radius 3 is 1.59 bits per heavy atom. The van der Waals surface area contributed by atoms with Crippen LogP contribution in [0.1, 0.15) is 69.2 Å². The summed E-state index contributed by atoms with van der Waals surface area (Å²) in [4.78, 5) is 24.2. The van der Waals surface area contributed by atoms with E-state index in [-0.39, 0.29) is 28.6 Å². The standard InChI is InChI=1S/C17H34N2O3/c1-11(15(2,3)4)12(16(5,6)7)13(20)18-19-14(21)22-17(8,9)10/h11-12H,1-10H3,(H,18,20)(H,19,21). The van der Waals surface area contributed by atoms with Gasteiger partial charge in [-0.3, -0.25) is 10.2 Å². The van der Waals surface area contributed by atoms with Gasteiger partial charge in [0.05, 0.1) is 0 Å². The molecule has 0 aliphatic rings. The third kappa shape index (κ3) is 7.14. The van der Waals surface area contributed by atoms with Crippen LogP contribution in [0.25, 0.3) is 0 Å². The lowest BCUT2D eigenvalue weighted by molar-refractivity contribution is -0.133. The fourth-order valence-corrected chi connectivity index (χ4v) is 2.36. The van der Waals surface area contributed by atoms with Crippen molar-refractivity contribution in [3.05, 3.63) is 0 Å². The van der Waals surface area contributed by atoms with Crippen LogP contribution in [-0.2, 0) is 9.53 Å². The van der Waals surface area contributed by atoms with Gasteiger partial charge in [0, 0.05) is 5.92 Å². The van der Waals surface area contributed by atoms with Crippen LogP contribution in [0, 0.1) is 22.7 Å². The minimum absolute atomic E-state index is 0.0127. The van der Waals surface area contributed by atoms with Gasteiger partial charge in [0.15, 0.2) is 0 Å². The van der Waals surface area contributed by atoms with Gasteiger partial charge in [-0.2, -0.15) is 0 Å². The molecule has 5 heteroatoms. The number of nitrogens with one attached hydrogen (secondary N) is 2. The van der Waals surface area contributed by atoms with Crippen LogP contribution in [0.2, 0.25) is 0 Å². The second kappa shape index (κ2) is 6.88. The smallest absolute Gasteiger partial charge is 0.426 e. The lowest BCUT2D eigenvalue weighted by atomic mass is 9.65. The molecule has 0 bridgehead atoms. The molecule has 0 spiro atoms. The van der Waals surface area contributed by atoms with Crippen LogP contribution in [0.15, 0.2) is 0 Å². The number of amides is 2. The fourth-order valence-electron chi connectivity index (χ4n) is 2.36. The van der Waals surface area contributed by atoms with Gasteiger partial charge in [0.2, 0.25) is 5.91 Å². The van der Waals surface area contributed by atoms with E-state index < -0.39 is 11.7 Å². The molecule has 0 aromatic rings. The molecule has 0 heterocycles. The molecule has 0 aliphatic heterocycles. The number of hydrogen-bond acceptors (Lipinski definition) is 3. The van der Waals surface area contributed by atoms with Gasteiger partial charge in [-0.25, -0.2) is 10.2 Å². The van der Waals surface area contributed by atoms with Crippen LogP contribution in [0.5, 0.6) is 0 Å². The summed E-state index contributed by atoms with van der Waals surface area (Å²) < 4.78 is 5.12. The highest BCUT2D eigenvalue weighted by atomic mass is 16.6. The van der Waals surface area contributed by atoms with Gasteiger partial charge in [0.1, 0.15) is 5.60 Å². The van der Waals surface area contributed by atoms with E-state index in [1.54, 1.807) is 20.8 Å². The van der Waals surface area contributed by atoms with E-state index in [2.05, 4.69) is 38.5 Å². The van der Waals surface area contributed by atoms with Crippen molar-refractivity contribution < 1.29 is 14.3 Å². The van der Waals surface area contributed by atoms with Gasteiger partial charge >= 0.3 is 6.09 Å². The summed E-state index contributed by atoms with van der Waals surface area (Å²) in [6, 6.07) is 0. The molecule has 0 radical (unpaired) electrons. The van der Waals surface area contributed by atoms with Crippen molar-refractivity contribution in [1.29, 1.82) is 0 Å². The first-order chi connectivity index (χ1) is 9.55. The largest absolute Gasteiger partial charge is 0.443 e. The molecule has 2 atom stereocenters. The Morgan fingerprint density at radius 1 is 0.818 bits per heavy atom. The molecule has 0 rings (SSSR count). The summed E-state index contributed by atoms with van der Waals surface area (Å²) in [5.74, 6) is -0.281. The Morgan fingerprint density at radius 2 is 1.27 bits per heavy atom. The van der Waals surface area contributed by atoms with Crippen LogP contribution in [0.4, 0.5) is 4.79 Å². The maximum absolute atomic E-state index is 12.6. The second-order valence-electron chi connectivity index (χ2n) is 9.11. The molecule has 0 aliphatic carbocycles. The first-order valence-corrected chi connectivity index (χ1v) is 7.84. The fraction of sp³-hybridized carbons (Fsp3) is 0.882. The van der Waals surface area contributed by atoms with E-state index in [1.165, 1.54) is 0 Å². The highest BCUT2D eigenvalue weighted by molar-refractivity contribution is 5.82. The highest BCUT2D eigenvalue weighted by Gasteiger charge is 2.40. The van der Waals surface area contributed by atoms with Crippen LogP contribution >= 0.6 is 0 Å². The number of hydrazine groups is 1. The van der Waals surface area contributed by atoms with Crippen molar-refractivity contribution >= 4 is 12.0 Å². The summed E-state index contributed by atoms with van der Waals surface area (Å²) in [5.41, 5.74) is 4.01. The van der Waals surface area contributed by atoms with E-state index in [1.807, 2.05) is 20.8 Å². The molecule has 5 nitrogen and oxygen atoms in total. The first kappa shape index (κ1) is 20.7. The predicted octanol–water partition coefficient (Wildman–Crippen LogP) is 3.89. The minimum Gasteiger partial charge on any atom is -0.443 e. The van der Waals surface area contributed by atoms with Crippen molar-refractivity contribution in [2.24, 2.45) is 22.7 Å². The summed E-state index contributed by atoms with van der Waals surface area (Å²) >= 11 is 0. The SMILES string of the molecule is CC(C(C(=O)NNC(=O)OC(C)(C)C)C(C)(C)C)C(C)(C)C. The molecule has 2 N–H and O–H groups in total. The number of carbonyl (C=O) groups excluding carboxylic acids is 2. The highest BCUT2D eigenvalue weighted by Crippen LogP contribution is 2.41. The molecule has 22 heavy (non-hydrogen) atoms. The first-order valence-electron chi connectivity index (χ1n) is 7.84. The Hall–Kier alpha value is -1.26. The molecule has 0 aromatic carbocycles. The summed E-state index contributed by atoms with van der Waals surface area (Å²) in [6.45, 7) is 19.8. The summed E-state index contributed by atoms with van der Waals surface area (Å²) in [6.07, 6.45) is -0.656. The molecule has 0 aromatic heterocycles. The van der Waals surface area contributed by atoms with Gasteiger partial charge in [-0.05, 0) is 37.5 Å². The van der Waals surface area contributed by atoms with Crippen LogP contribution in [-0.4, -0.2) is 17.6 Å². The van der Waals surface area contributed by atoms with E-state index in [9.17, 15) is 9.59 Å². The topological polar surface area (TPSA) is 67.4 Å². The van der Waals surface area contributed by atoms with Crippen molar-refractivity contribution in [1.82, 2.24) is 10.9 Å². The third-order valence-corrected chi connectivity index (χ3v) is 3.77. The molecule has 0 saturated heterocycles. The summed E-state index contributed by atoms with van der Waals surface area (Å²) in [7, 11) is 0.